The van der Waals surface area contributed by atoms with E-state index in [1.165, 1.54) is 25.7 Å². The van der Waals surface area contributed by atoms with Gasteiger partial charge in [0.1, 0.15) is 6.10 Å². The summed E-state index contributed by atoms with van der Waals surface area (Å²) in [6.45, 7) is 19.1. The average molecular weight is 515 g/mol. The van der Waals surface area contributed by atoms with Crippen LogP contribution in [0.15, 0.2) is 0 Å². The van der Waals surface area contributed by atoms with Crippen molar-refractivity contribution >= 4 is 11.9 Å². The number of aliphatic carboxylic acids is 1. The molecule has 5 rings (SSSR count). The number of hydrogen-bond donors (Lipinski definition) is 1. The first-order valence-corrected chi connectivity index (χ1v) is 15.6. The predicted molar refractivity (Wildman–Crippen MR) is 147 cm³/mol. The number of rotatable bonds is 4. The average Bonchev–Trinajstić information content (AvgIpc) is 3.23. The van der Waals surface area contributed by atoms with Crippen molar-refractivity contribution in [2.45, 2.75) is 132 Å². The highest BCUT2D eigenvalue weighted by Crippen LogP contribution is 2.77. The Morgan fingerprint density at radius 1 is 0.838 bits per heavy atom. The molecule has 0 spiro atoms. The van der Waals surface area contributed by atoms with Gasteiger partial charge < -0.3 is 9.84 Å². The van der Waals surface area contributed by atoms with E-state index in [-0.39, 0.29) is 33.7 Å². The SMILES string of the molecule is CCC(=O)O[C@H]1CC[C@@]2(C)C(CC[C@]3(C)C2CCC2C4[C@H](C(C)C)CC[C@]4(C(=O)O)CC[C@]23C)C1(C)C. The van der Waals surface area contributed by atoms with Crippen molar-refractivity contribution in [3.8, 4) is 0 Å². The highest BCUT2D eigenvalue weighted by Gasteiger charge is 2.72. The molecule has 5 aliphatic rings. The standard InChI is InChI=1S/C33H54O4/c1-9-26(34)37-25-14-15-30(6)23(29(25,4)5)13-16-32(8)24(30)11-10-22-27-21(20(2)3)12-17-33(27,28(35)36)19-18-31(22,32)7/h20-25,27H,9-19H2,1-8H3,(H,35,36)/t21-,22?,23?,24?,25-,27?,30-,31+,32+,33-/m0/s1. The number of carbonyl (C=O) groups is 2. The number of carboxylic acids is 1. The Morgan fingerprint density at radius 2 is 1.54 bits per heavy atom. The van der Waals surface area contributed by atoms with E-state index in [2.05, 4.69) is 48.5 Å². The van der Waals surface area contributed by atoms with Gasteiger partial charge in [0, 0.05) is 11.8 Å². The Balaban J connectivity index is 1.50. The van der Waals surface area contributed by atoms with Gasteiger partial charge in [0.2, 0.25) is 0 Å². The minimum Gasteiger partial charge on any atom is -0.481 e. The number of carbonyl (C=O) groups excluding carboxylic acids is 1. The van der Waals surface area contributed by atoms with Gasteiger partial charge in [0.05, 0.1) is 5.41 Å². The second-order valence-electron chi connectivity index (χ2n) is 15.8. The first kappa shape index (κ1) is 27.5. The fourth-order valence-corrected chi connectivity index (χ4v) is 12.2. The van der Waals surface area contributed by atoms with E-state index >= 15 is 0 Å². The topological polar surface area (TPSA) is 63.6 Å². The van der Waals surface area contributed by atoms with E-state index in [4.69, 9.17) is 4.74 Å². The van der Waals surface area contributed by atoms with Crippen molar-refractivity contribution < 1.29 is 19.4 Å². The summed E-state index contributed by atoms with van der Waals surface area (Å²) < 4.78 is 6.04. The Kier molecular flexibility index (Phi) is 6.48. The molecule has 4 unspecified atom stereocenters. The van der Waals surface area contributed by atoms with E-state index < -0.39 is 11.4 Å². The minimum absolute atomic E-state index is 0.0177. The number of esters is 1. The maximum atomic E-state index is 12.9. The van der Waals surface area contributed by atoms with Gasteiger partial charge in [0.25, 0.3) is 0 Å². The molecule has 4 nitrogen and oxygen atoms in total. The van der Waals surface area contributed by atoms with E-state index in [0.717, 1.165) is 38.5 Å². The van der Waals surface area contributed by atoms with E-state index in [1.54, 1.807) is 0 Å². The van der Waals surface area contributed by atoms with Gasteiger partial charge in [-0.25, -0.2) is 0 Å². The lowest BCUT2D eigenvalue weighted by atomic mass is 9.32. The molecule has 10 atom stereocenters. The first-order valence-electron chi connectivity index (χ1n) is 15.6. The monoisotopic (exact) mass is 514 g/mol. The van der Waals surface area contributed by atoms with Crippen molar-refractivity contribution in [1.29, 1.82) is 0 Å². The number of hydrogen-bond acceptors (Lipinski definition) is 3. The zero-order chi connectivity index (χ0) is 27.2. The lowest BCUT2D eigenvalue weighted by Gasteiger charge is -2.72. The quantitative estimate of drug-likeness (QED) is 0.385. The van der Waals surface area contributed by atoms with Crippen LogP contribution in [-0.4, -0.2) is 23.1 Å². The summed E-state index contributed by atoms with van der Waals surface area (Å²) in [6, 6.07) is 0. The minimum atomic E-state index is -0.507. The van der Waals surface area contributed by atoms with Crippen LogP contribution < -0.4 is 0 Å². The molecule has 0 bridgehead atoms. The largest absolute Gasteiger partial charge is 0.481 e. The lowest BCUT2D eigenvalue weighted by Crippen LogP contribution is -2.67. The van der Waals surface area contributed by atoms with Gasteiger partial charge in [-0.3, -0.25) is 9.59 Å². The number of fused-ring (bicyclic) bond motifs is 7. The molecule has 0 amide bonds. The van der Waals surface area contributed by atoms with E-state index in [1.807, 2.05) is 6.92 Å². The zero-order valence-electron chi connectivity index (χ0n) is 25.0. The van der Waals surface area contributed by atoms with Crippen LogP contribution in [0.2, 0.25) is 0 Å². The Morgan fingerprint density at radius 3 is 2.16 bits per heavy atom. The molecular formula is C33H54O4. The van der Waals surface area contributed by atoms with Gasteiger partial charge in [-0.1, -0.05) is 55.4 Å². The third-order valence-electron chi connectivity index (χ3n) is 14.3. The third kappa shape index (κ3) is 3.51. The van der Waals surface area contributed by atoms with E-state index in [0.29, 0.717) is 41.9 Å². The zero-order valence-corrected chi connectivity index (χ0v) is 25.0. The van der Waals surface area contributed by atoms with Crippen LogP contribution in [0.1, 0.15) is 126 Å². The van der Waals surface area contributed by atoms with Crippen LogP contribution >= 0.6 is 0 Å². The second kappa shape index (κ2) is 8.72. The molecule has 0 aromatic rings. The lowest BCUT2D eigenvalue weighted by molar-refractivity contribution is -0.251. The Hall–Kier alpha value is -1.06. The summed E-state index contributed by atoms with van der Waals surface area (Å²) in [6.07, 6.45) is 11.3. The number of ether oxygens (including phenoxy) is 1. The summed E-state index contributed by atoms with van der Waals surface area (Å²) in [5.74, 6) is 2.57. The molecule has 0 aromatic heterocycles. The van der Waals surface area contributed by atoms with Crippen LogP contribution in [0, 0.1) is 62.6 Å². The van der Waals surface area contributed by atoms with Crippen molar-refractivity contribution in [2.75, 3.05) is 0 Å². The maximum Gasteiger partial charge on any atom is 0.309 e. The maximum absolute atomic E-state index is 12.9. The molecule has 1 N–H and O–H groups in total. The third-order valence-corrected chi connectivity index (χ3v) is 14.3. The molecule has 0 heterocycles. The van der Waals surface area contributed by atoms with Gasteiger partial charge in [-0.15, -0.1) is 0 Å². The molecule has 0 saturated heterocycles. The van der Waals surface area contributed by atoms with Crippen LogP contribution in [-0.2, 0) is 14.3 Å². The second-order valence-corrected chi connectivity index (χ2v) is 15.8. The highest BCUT2D eigenvalue weighted by molar-refractivity contribution is 5.76. The molecule has 5 fully saturated rings. The Bertz CT molecular complexity index is 939. The molecule has 0 aromatic carbocycles. The van der Waals surface area contributed by atoms with Crippen LogP contribution in [0.3, 0.4) is 0 Å². The van der Waals surface area contributed by atoms with Crippen LogP contribution in [0.25, 0.3) is 0 Å². The van der Waals surface area contributed by atoms with Crippen molar-refractivity contribution in [3.05, 3.63) is 0 Å². The normalized spacial score (nSPS) is 50.4. The predicted octanol–water partition coefficient (Wildman–Crippen LogP) is 8.13. The molecule has 210 valence electrons. The van der Waals surface area contributed by atoms with Crippen LogP contribution in [0.4, 0.5) is 0 Å². The van der Waals surface area contributed by atoms with Crippen molar-refractivity contribution in [3.63, 3.8) is 0 Å². The molecule has 37 heavy (non-hydrogen) atoms. The molecule has 0 aliphatic heterocycles. The summed E-state index contributed by atoms with van der Waals surface area (Å²) in [7, 11) is 0. The summed E-state index contributed by atoms with van der Waals surface area (Å²) in [5, 5.41) is 10.6. The molecule has 0 radical (unpaired) electrons. The first-order chi connectivity index (χ1) is 17.2. The molecule has 5 saturated carbocycles. The fourth-order valence-electron chi connectivity index (χ4n) is 12.2. The smallest absolute Gasteiger partial charge is 0.309 e. The summed E-state index contributed by atoms with van der Waals surface area (Å²) in [5.41, 5.74) is 0.163. The highest BCUT2D eigenvalue weighted by atomic mass is 16.5. The van der Waals surface area contributed by atoms with E-state index in [9.17, 15) is 14.7 Å². The number of carboxylic acid groups (broad SMARTS) is 1. The molecule has 4 heteroatoms. The van der Waals surface area contributed by atoms with Crippen molar-refractivity contribution in [2.24, 2.45) is 62.6 Å². The van der Waals surface area contributed by atoms with Gasteiger partial charge in [-0.05, 0) is 116 Å². The van der Waals surface area contributed by atoms with Gasteiger partial charge >= 0.3 is 11.9 Å². The Labute approximate surface area is 226 Å². The van der Waals surface area contributed by atoms with Crippen LogP contribution in [0.5, 0.6) is 0 Å². The van der Waals surface area contributed by atoms with Gasteiger partial charge in [0.15, 0.2) is 0 Å². The summed E-state index contributed by atoms with van der Waals surface area (Å²) in [4.78, 5) is 25.1. The summed E-state index contributed by atoms with van der Waals surface area (Å²) >= 11 is 0. The molecular weight excluding hydrogens is 460 g/mol. The molecule has 5 aliphatic carbocycles. The fraction of sp³-hybridized carbons (Fsp3) is 0.939. The van der Waals surface area contributed by atoms with Crippen molar-refractivity contribution in [1.82, 2.24) is 0 Å². The van der Waals surface area contributed by atoms with Gasteiger partial charge in [-0.2, -0.15) is 0 Å².